The van der Waals surface area contributed by atoms with Crippen LogP contribution in [0.25, 0.3) is 22.0 Å². The summed E-state index contributed by atoms with van der Waals surface area (Å²) in [5.41, 5.74) is 12.5. The van der Waals surface area contributed by atoms with Gasteiger partial charge in [-0.05, 0) is 78.3 Å². The number of fused-ring (bicyclic) bond motifs is 1. The predicted molar refractivity (Wildman–Crippen MR) is 139 cm³/mol. The first kappa shape index (κ1) is 23.2. The van der Waals surface area contributed by atoms with Gasteiger partial charge in [0.05, 0.1) is 13.0 Å². The summed E-state index contributed by atoms with van der Waals surface area (Å²) in [5, 5.41) is 1.24. The van der Waals surface area contributed by atoms with Crippen molar-refractivity contribution in [3.05, 3.63) is 89.6 Å². The number of hydrogen-bond acceptors (Lipinski definition) is 4. The van der Waals surface area contributed by atoms with Gasteiger partial charge < -0.3 is 19.8 Å². The molecule has 5 heteroatoms. The maximum atomic E-state index is 12.1. The van der Waals surface area contributed by atoms with E-state index in [1.807, 2.05) is 31.2 Å². The molecule has 4 aromatic rings. The van der Waals surface area contributed by atoms with E-state index in [4.69, 9.17) is 15.2 Å². The van der Waals surface area contributed by atoms with Crippen molar-refractivity contribution in [3.63, 3.8) is 0 Å². The van der Waals surface area contributed by atoms with Gasteiger partial charge in [0.2, 0.25) is 0 Å². The van der Waals surface area contributed by atoms with E-state index in [2.05, 4.69) is 53.2 Å². The Bertz CT molecular complexity index is 1340. The lowest BCUT2D eigenvalue weighted by atomic mass is 9.97. The number of nitrogens with zero attached hydrogens (tertiary/aromatic N) is 1. The van der Waals surface area contributed by atoms with Crippen LogP contribution >= 0.6 is 0 Å². The predicted octanol–water partition coefficient (Wildman–Crippen LogP) is 5.86. The van der Waals surface area contributed by atoms with Crippen molar-refractivity contribution in [2.45, 2.75) is 45.9 Å². The van der Waals surface area contributed by atoms with Crippen LogP contribution in [0.1, 0.15) is 36.5 Å². The molecular formula is C30H32N2O3. The summed E-state index contributed by atoms with van der Waals surface area (Å²) < 4.78 is 13.8. The number of hydrogen-bond donors (Lipinski definition) is 1. The number of carbonyl (C=O) groups excluding carboxylic acids is 1. The summed E-state index contributed by atoms with van der Waals surface area (Å²) in [6, 6.07) is 22.8. The molecule has 1 fully saturated rings. The first-order valence-electron chi connectivity index (χ1n) is 12.4. The lowest BCUT2D eigenvalue weighted by Crippen LogP contribution is -2.09. The summed E-state index contributed by atoms with van der Waals surface area (Å²) in [6.07, 6.45) is 5.03. The molecule has 0 aliphatic heterocycles. The zero-order valence-electron chi connectivity index (χ0n) is 20.2. The van der Waals surface area contributed by atoms with Gasteiger partial charge in [0.15, 0.2) is 0 Å². The molecule has 0 saturated heterocycles. The third-order valence-corrected chi connectivity index (χ3v) is 6.58. The Hall–Kier alpha value is -3.57. The monoisotopic (exact) mass is 468 g/mol. The van der Waals surface area contributed by atoms with E-state index >= 15 is 0 Å². The van der Waals surface area contributed by atoms with Gasteiger partial charge in [-0.15, -0.1) is 0 Å². The van der Waals surface area contributed by atoms with Gasteiger partial charge >= 0.3 is 5.97 Å². The van der Waals surface area contributed by atoms with Crippen LogP contribution in [-0.4, -0.2) is 17.1 Å². The summed E-state index contributed by atoms with van der Waals surface area (Å²) in [5.74, 6) is 1.25. The number of benzene rings is 3. The van der Waals surface area contributed by atoms with Gasteiger partial charge in [0, 0.05) is 35.8 Å². The van der Waals surface area contributed by atoms with E-state index in [0.29, 0.717) is 25.5 Å². The second-order valence-electron chi connectivity index (χ2n) is 9.27. The summed E-state index contributed by atoms with van der Waals surface area (Å²) in [7, 11) is 0. The lowest BCUT2D eigenvalue weighted by Gasteiger charge is -2.14. The number of rotatable bonds is 10. The summed E-state index contributed by atoms with van der Waals surface area (Å²) in [6.45, 7) is 4.17. The van der Waals surface area contributed by atoms with Crippen LogP contribution in [0.15, 0.2) is 72.9 Å². The molecular weight excluding hydrogens is 436 g/mol. The van der Waals surface area contributed by atoms with Crippen molar-refractivity contribution in [1.82, 2.24) is 4.57 Å². The quantitative estimate of drug-likeness (QED) is 0.296. The molecule has 0 amide bonds. The number of aromatic nitrogens is 1. The van der Waals surface area contributed by atoms with Crippen LogP contribution in [0.2, 0.25) is 0 Å². The molecule has 180 valence electrons. The van der Waals surface area contributed by atoms with E-state index in [1.165, 1.54) is 29.3 Å². The topological polar surface area (TPSA) is 66.5 Å². The molecule has 1 aliphatic rings. The normalized spacial score (nSPS) is 13.2. The van der Waals surface area contributed by atoms with Gasteiger partial charge in [-0.1, -0.05) is 36.4 Å². The second kappa shape index (κ2) is 10.4. The van der Waals surface area contributed by atoms with Crippen molar-refractivity contribution in [2.24, 2.45) is 11.7 Å². The SMILES string of the molecule is CCOC(=O)Cc1ccccc1OCc1cc(-c2cccc(CN)c2)c2ccn(CC3CC3)c2c1. The molecule has 1 aromatic heterocycles. The Kier molecular flexibility index (Phi) is 6.87. The molecule has 2 N–H and O–H groups in total. The van der Waals surface area contributed by atoms with Gasteiger partial charge in [-0.2, -0.15) is 0 Å². The fourth-order valence-corrected chi connectivity index (χ4v) is 4.60. The maximum absolute atomic E-state index is 12.1. The molecule has 0 bridgehead atoms. The highest BCUT2D eigenvalue weighted by Crippen LogP contribution is 2.36. The Labute approximate surface area is 206 Å². The Morgan fingerprint density at radius 1 is 1.03 bits per heavy atom. The van der Waals surface area contributed by atoms with E-state index in [0.717, 1.165) is 34.7 Å². The molecule has 5 nitrogen and oxygen atoms in total. The number of esters is 1. The molecule has 1 heterocycles. The van der Waals surface area contributed by atoms with Crippen molar-refractivity contribution >= 4 is 16.9 Å². The number of carbonyl (C=O) groups is 1. The van der Waals surface area contributed by atoms with E-state index in [-0.39, 0.29) is 12.4 Å². The van der Waals surface area contributed by atoms with Crippen LogP contribution in [0.5, 0.6) is 5.75 Å². The zero-order valence-corrected chi connectivity index (χ0v) is 20.2. The van der Waals surface area contributed by atoms with Gasteiger partial charge in [-0.25, -0.2) is 0 Å². The minimum atomic E-state index is -0.245. The molecule has 0 atom stereocenters. The number of para-hydroxylation sites is 1. The van der Waals surface area contributed by atoms with Crippen LogP contribution in [0.4, 0.5) is 0 Å². The van der Waals surface area contributed by atoms with Crippen molar-refractivity contribution in [2.75, 3.05) is 6.61 Å². The maximum Gasteiger partial charge on any atom is 0.310 e. The fraction of sp³-hybridized carbons (Fsp3) is 0.300. The molecule has 1 saturated carbocycles. The minimum absolute atomic E-state index is 0.199. The fourth-order valence-electron chi connectivity index (χ4n) is 4.60. The molecule has 5 rings (SSSR count). The van der Waals surface area contributed by atoms with Crippen LogP contribution < -0.4 is 10.5 Å². The first-order chi connectivity index (χ1) is 17.1. The van der Waals surface area contributed by atoms with Gasteiger partial charge in [0.1, 0.15) is 12.4 Å². The third kappa shape index (κ3) is 5.41. The average Bonchev–Trinajstić information content (AvgIpc) is 3.61. The van der Waals surface area contributed by atoms with Crippen LogP contribution in [0.3, 0.4) is 0 Å². The number of nitrogens with two attached hydrogens (primary N) is 1. The van der Waals surface area contributed by atoms with Crippen molar-refractivity contribution < 1.29 is 14.3 Å². The van der Waals surface area contributed by atoms with E-state index in [1.54, 1.807) is 0 Å². The lowest BCUT2D eigenvalue weighted by molar-refractivity contribution is -0.142. The molecule has 0 radical (unpaired) electrons. The van der Waals surface area contributed by atoms with Gasteiger partial charge in [-0.3, -0.25) is 4.79 Å². The molecule has 0 spiro atoms. The summed E-state index contributed by atoms with van der Waals surface area (Å²) >= 11 is 0. The first-order valence-corrected chi connectivity index (χ1v) is 12.4. The van der Waals surface area contributed by atoms with Crippen molar-refractivity contribution in [3.8, 4) is 16.9 Å². The Morgan fingerprint density at radius 3 is 2.69 bits per heavy atom. The molecule has 3 aromatic carbocycles. The zero-order chi connectivity index (χ0) is 24.2. The minimum Gasteiger partial charge on any atom is -0.489 e. The third-order valence-electron chi connectivity index (χ3n) is 6.58. The van der Waals surface area contributed by atoms with Crippen LogP contribution in [-0.2, 0) is 35.6 Å². The smallest absolute Gasteiger partial charge is 0.310 e. The molecule has 1 aliphatic carbocycles. The van der Waals surface area contributed by atoms with Crippen LogP contribution in [0, 0.1) is 5.92 Å². The highest BCUT2D eigenvalue weighted by atomic mass is 16.5. The number of ether oxygens (including phenoxy) is 2. The standard InChI is InChI=1S/C30H32N2O3/c1-2-34-30(33)17-25-7-3-4-9-29(25)35-20-23-15-27(24-8-5-6-22(14-24)18-31)26-12-13-32(28(26)16-23)19-21-10-11-21/h3-9,12-16,21H,2,10-11,17-20,31H2,1H3. The molecule has 35 heavy (non-hydrogen) atoms. The molecule has 0 unspecified atom stereocenters. The highest BCUT2D eigenvalue weighted by molar-refractivity contribution is 5.96. The largest absolute Gasteiger partial charge is 0.489 e. The average molecular weight is 469 g/mol. The van der Waals surface area contributed by atoms with Crippen molar-refractivity contribution in [1.29, 1.82) is 0 Å². The highest BCUT2D eigenvalue weighted by Gasteiger charge is 2.22. The Morgan fingerprint density at radius 2 is 1.89 bits per heavy atom. The second-order valence-corrected chi connectivity index (χ2v) is 9.27. The van der Waals surface area contributed by atoms with E-state index in [9.17, 15) is 4.79 Å². The van der Waals surface area contributed by atoms with E-state index < -0.39 is 0 Å². The van der Waals surface area contributed by atoms with Gasteiger partial charge in [0.25, 0.3) is 0 Å². The summed E-state index contributed by atoms with van der Waals surface area (Å²) in [4.78, 5) is 12.1. The Balaban J connectivity index is 1.48.